The maximum Gasteiger partial charge on any atom is 0.337 e. The van der Waals surface area contributed by atoms with Gasteiger partial charge in [0.1, 0.15) is 11.3 Å². The summed E-state index contributed by atoms with van der Waals surface area (Å²) in [5.41, 5.74) is 1.86. The number of aromatic nitrogens is 2. The van der Waals surface area contributed by atoms with Crippen LogP contribution in [0.4, 0.5) is 0 Å². The van der Waals surface area contributed by atoms with E-state index in [1.54, 1.807) is 6.07 Å². The van der Waals surface area contributed by atoms with Crippen LogP contribution >= 0.6 is 0 Å². The van der Waals surface area contributed by atoms with Crippen molar-refractivity contribution in [3.63, 3.8) is 0 Å². The molecule has 2 aromatic rings. The average Bonchev–Trinajstić information content (AvgIpc) is 2.94. The van der Waals surface area contributed by atoms with Crippen LogP contribution in [-0.2, 0) is 6.54 Å². The van der Waals surface area contributed by atoms with Crippen LogP contribution in [-0.4, -0.2) is 20.6 Å². The third kappa shape index (κ3) is 2.09. The molecule has 0 bridgehead atoms. The molecule has 0 radical (unpaired) electrons. The maximum absolute atomic E-state index is 11.3. The number of fused-ring (bicyclic) bond motifs is 1. The lowest BCUT2D eigenvalue weighted by Gasteiger charge is -2.17. The van der Waals surface area contributed by atoms with Gasteiger partial charge in [-0.1, -0.05) is 25.8 Å². The number of carboxylic acid groups (broad SMARTS) is 1. The lowest BCUT2D eigenvalue weighted by molar-refractivity contribution is 0.0699. The number of carbonyl (C=O) groups is 1. The van der Waals surface area contributed by atoms with Gasteiger partial charge in [-0.15, -0.1) is 0 Å². The average molecular weight is 272 g/mol. The maximum atomic E-state index is 11.3. The van der Waals surface area contributed by atoms with Crippen molar-refractivity contribution in [3.8, 4) is 0 Å². The molecule has 2 unspecified atom stereocenters. The number of aryl methyl sites for hydroxylation is 1. The molecule has 1 N–H and O–H groups in total. The van der Waals surface area contributed by atoms with Crippen LogP contribution in [0.5, 0.6) is 0 Å². The highest BCUT2D eigenvalue weighted by Gasteiger charge is 2.25. The first-order valence-electron chi connectivity index (χ1n) is 7.27. The number of rotatable bonds is 3. The molecule has 1 aromatic heterocycles. The van der Waals surface area contributed by atoms with Crippen LogP contribution in [0.2, 0.25) is 0 Å². The molecule has 20 heavy (non-hydrogen) atoms. The van der Waals surface area contributed by atoms with Gasteiger partial charge in [0.15, 0.2) is 0 Å². The van der Waals surface area contributed by atoms with Gasteiger partial charge in [-0.2, -0.15) is 0 Å². The van der Waals surface area contributed by atoms with Crippen LogP contribution in [0.15, 0.2) is 18.2 Å². The van der Waals surface area contributed by atoms with Crippen molar-refractivity contribution in [1.82, 2.24) is 9.55 Å². The van der Waals surface area contributed by atoms with Crippen LogP contribution < -0.4 is 0 Å². The van der Waals surface area contributed by atoms with Gasteiger partial charge in [0, 0.05) is 6.54 Å². The molecule has 1 aliphatic carbocycles. The summed E-state index contributed by atoms with van der Waals surface area (Å²) in [6, 6.07) is 5.41. The Hall–Kier alpha value is -1.84. The Labute approximate surface area is 118 Å². The van der Waals surface area contributed by atoms with Gasteiger partial charge in [-0.3, -0.25) is 0 Å². The highest BCUT2D eigenvalue weighted by atomic mass is 16.4. The zero-order chi connectivity index (χ0) is 14.3. The first-order valence-corrected chi connectivity index (χ1v) is 7.27. The summed E-state index contributed by atoms with van der Waals surface area (Å²) in [7, 11) is 0. The molecular formula is C16H20N2O2. The number of imidazole rings is 1. The van der Waals surface area contributed by atoms with Gasteiger partial charge in [-0.25, -0.2) is 9.78 Å². The van der Waals surface area contributed by atoms with Crippen molar-refractivity contribution < 1.29 is 9.90 Å². The number of para-hydroxylation sites is 1. The molecule has 0 amide bonds. The molecule has 1 fully saturated rings. The van der Waals surface area contributed by atoms with Crippen molar-refractivity contribution in [2.75, 3.05) is 0 Å². The van der Waals surface area contributed by atoms with Gasteiger partial charge in [0.2, 0.25) is 0 Å². The molecule has 1 saturated carbocycles. The van der Waals surface area contributed by atoms with Crippen molar-refractivity contribution in [2.45, 2.75) is 39.7 Å². The van der Waals surface area contributed by atoms with E-state index in [-0.39, 0.29) is 0 Å². The van der Waals surface area contributed by atoms with E-state index in [1.165, 1.54) is 19.3 Å². The van der Waals surface area contributed by atoms with Gasteiger partial charge in [0.05, 0.1) is 11.1 Å². The molecule has 0 aliphatic heterocycles. The number of hydrogen-bond acceptors (Lipinski definition) is 2. The van der Waals surface area contributed by atoms with Crippen molar-refractivity contribution in [2.24, 2.45) is 11.8 Å². The lowest BCUT2D eigenvalue weighted by Crippen LogP contribution is -2.14. The predicted octanol–water partition coefficient (Wildman–Crippen LogP) is 3.48. The lowest BCUT2D eigenvalue weighted by atomic mass is 9.98. The van der Waals surface area contributed by atoms with Gasteiger partial charge >= 0.3 is 5.97 Å². The summed E-state index contributed by atoms with van der Waals surface area (Å²) >= 11 is 0. The fraction of sp³-hybridized carbons (Fsp3) is 0.500. The summed E-state index contributed by atoms with van der Waals surface area (Å²) in [5, 5.41) is 9.26. The zero-order valence-corrected chi connectivity index (χ0v) is 12.0. The van der Waals surface area contributed by atoms with Crippen LogP contribution in [0, 0.1) is 18.8 Å². The molecule has 1 aliphatic rings. The van der Waals surface area contributed by atoms with E-state index in [0.29, 0.717) is 17.0 Å². The van der Waals surface area contributed by atoms with Gasteiger partial charge in [-0.05, 0) is 37.3 Å². The largest absolute Gasteiger partial charge is 0.478 e. The first kappa shape index (κ1) is 13.2. The van der Waals surface area contributed by atoms with Crippen molar-refractivity contribution >= 4 is 17.0 Å². The number of carboxylic acids is 1. The standard InChI is InChI=1S/C16H20N2O2/c1-10-5-3-6-12(10)9-18-11(2)17-15-13(16(19)20)7-4-8-14(15)18/h4,7-8,10,12H,3,5-6,9H2,1-2H3,(H,19,20). The highest BCUT2D eigenvalue weighted by molar-refractivity contribution is 6.01. The molecule has 0 saturated heterocycles. The number of benzene rings is 1. The Morgan fingerprint density at radius 2 is 2.25 bits per heavy atom. The molecule has 2 atom stereocenters. The molecular weight excluding hydrogens is 252 g/mol. The van der Waals surface area contributed by atoms with Crippen molar-refractivity contribution in [1.29, 1.82) is 0 Å². The van der Waals surface area contributed by atoms with Gasteiger partial charge < -0.3 is 9.67 Å². The number of aromatic carboxylic acids is 1. The number of nitrogens with zero attached hydrogens (tertiary/aromatic N) is 2. The minimum Gasteiger partial charge on any atom is -0.478 e. The van der Waals surface area contributed by atoms with E-state index in [1.807, 2.05) is 19.1 Å². The number of hydrogen-bond donors (Lipinski definition) is 1. The van der Waals surface area contributed by atoms with Crippen LogP contribution in [0.1, 0.15) is 42.4 Å². The third-order valence-electron chi connectivity index (χ3n) is 4.66. The second-order valence-electron chi connectivity index (χ2n) is 5.92. The fourth-order valence-electron chi connectivity index (χ4n) is 3.39. The topological polar surface area (TPSA) is 55.1 Å². The highest BCUT2D eigenvalue weighted by Crippen LogP contribution is 2.33. The second kappa shape index (κ2) is 4.93. The van der Waals surface area contributed by atoms with Gasteiger partial charge in [0.25, 0.3) is 0 Å². The van der Waals surface area contributed by atoms with E-state index >= 15 is 0 Å². The van der Waals surface area contributed by atoms with Crippen molar-refractivity contribution in [3.05, 3.63) is 29.6 Å². The Morgan fingerprint density at radius 1 is 1.45 bits per heavy atom. The Kier molecular flexibility index (Phi) is 3.24. The monoisotopic (exact) mass is 272 g/mol. The SMILES string of the molecule is Cc1nc2c(C(=O)O)cccc2n1CC1CCCC1C. The zero-order valence-electron chi connectivity index (χ0n) is 12.0. The second-order valence-corrected chi connectivity index (χ2v) is 5.92. The molecule has 0 spiro atoms. The fourth-order valence-corrected chi connectivity index (χ4v) is 3.39. The summed E-state index contributed by atoms with van der Waals surface area (Å²) in [4.78, 5) is 15.8. The van der Waals surface area contributed by atoms with E-state index in [0.717, 1.165) is 23.8 Å². The molecule has 4 nitrogen and oxygen atoms in total. The summed E-state index contributed by atoms with van der Waals surface area (Å²) in [6.45, 7) is 5.23. The third-order valence-corrected chi connectivity index (χ3v) is 4.66. The minimum absolute atomic E-state index is 0.295. The molecule has 4 heteroatoms. The predicted molar refractivity (Wildman–Crippen MR) is 77.9 cm³/mol. The van der Waals surface area contributed by atoms with Crippen LogP contribution in [0.3, 0.4) is 0 Å². The first-order chi connectivity index (χ1) is 9.58. The molecule has 1 aromatic carbocycles. The molecule has 1 heterocycles. The van der Waals surface area contributed by atoms with Crippen LogP contribution in [0.25, 0.3) is 11.0 Å². The van der Waals surface area contributed by atoms with E-state index in [9.17, 15) is 9.90 Å². The quantitative estimate of drug-likeness (QED) is 0.930. The smallest absolute Gasteiger partial charge is 0.337 e. The van der Waals surface area contributed by atoms with E-state index < -0.39 is 5.97 Å². The Morgan fingerprint density at radius 3 is 2.90 bits per heavy atom. The molecule has 3 rings (SSSR count). The molecule has 106 valence electrons. The minimum atomic E-state index is -0.908. The Bertz CT molecular complexity index is 660. The summed E-state index contributed by atoms with van der Waals surface area (Å²) < 4.78 is 2.19. The summed E-state index contributed by atoms with van der Waals surface area (Å²) in [5.74, 6) is 1.43. The summed E-state index contributed by atoms with van der Waals surface area (Å²) in [6.07, 6.45) is 3.87. The Balaban J connectivity index is 2.05. The van der Waals surface area contributed by atoms with E-state index in [2.05, 4.69) is 16.5 Å². The van der Waals surface area contributed by atoms with E-state index in [4.69, 9.17) is 0 Å². The normalized spacial score (nSPS) is 22.5.